The van der Waals surface area contributed by atoms with Gasteiger partial charge >= 0.3 is 0 Å². The normalized spacial score (nSPS) is 14.1. The van der Waals surface area contributed by atoms with Crippen LogP contribution in [0.3, 0.4) is 0 Å². The van der Waals surface area contributed by atoms with Gasteiger partial charge in [-0.1, -0.05) is 36.8 Å². The summed E-state index contributed by atoms with van der Waals surface area (Å²) in [5, 5.41) is 8.07. The summed E-state index contributed by atoms with van der Waals surface area (Å²) in [6, 6.07) is 7.43. The van der Waals surface area contributed by atoms with Gasteiger partial charge in [0.05, 0.1) is 6.54 Å². The van der Waals surface area contributed by atoms with Crippen molar-refractivity contribution < 1.29 is 28.8 Å². The minimum Gasteiger partial charge on any atom is -0.348 e. The second-order valence-corrected chi connectivity index (χ2v) is 9.55. The molecule has 0 radical (unpaired) electrons. The topological polar surface area (TPSA) is 168 Å². The molecule has 0 saturated heterocycles. The van der Waals surface area contributed by atoms with E-state index in [0.29, 0.717) is 51.6 Å². The monoisotopic (exact) mass is 539 g/mol. The first-order chi connectivity index (χ1) is 18.7. The van der Waals surface area contributed by atoms with Crippen LogP contribution in [0.25, 0.3) is 0 Å². The van der Waals surface area contributed by atoms with Crippen LogP contribution in [0.5, 0.6) is 0 Å². The zero-order valence-electron chi connectivity index (χ0n) is 22.4. The highest BCUT2D eigenvalue weighted by Gasteiger charge is 2.27. The molecule has 1 aromatic rings. The molecule has 0 saturated carbocycles. The second kappa shape index (κ2) is 16.9. The predicted molar refractivity (Wildman–Crippen MR) is 148 cm³/mol. The maximum atomic E-state index is 13.3. The van der Waals surface area contributed by atoms with Gasteiger partial charge in [-0.05, 0) is 44.2 Å². The number of rotatable bonds is 18. The third kappa shape index (κ3) is 11.6. The lowest BCUT2D eigenvalue weighted by molar-refractivity contribution is -0.137. The Hall–Kier alpha value is -3.80. The van der Waals surface area contributed by atoms with Crippen LogP contribution in [-0.2, 0) is 35.2 Å². The van der Waals surface area contributed by atoms with Crippen LogP contribution in [0, 0.1) is 0 Å². The molecule has 0 spiro atoms. The van der Waals surface area contributed by atoms with E-state index in [1.165, 1.54) is 20.0 Å². The Morgan fingerprint density at radius 3 is 2.18 bits per heavy atom. The lowest BCUT2D eigenvalue weighted by Crippen LogP contribution is -2.54. The van der Waals surface area contributed by atoms with Gasteiger partial charge in [-0.3, -0.25) is 28.9 Å². The summed E-state index contributed by atoms with van der Waals surface area (Å²) in [6.07, 6.45) is 6.21. The summed E-state index contributed by atoms with van der Waals surface area (Å²) in [7, 11) is 1.36. The minimum atomic E-state index is -0.913. The van der Waals surface area contributed by atoms with Crippen molar-refractivity contribution in [1.82, 2.24) is 20.9 Å². The van der Waals surface area contributed by atoms with Gasteiger partial charge in [-0.25, -0.2) is 0 Å². The van der Waals surface area contributed by atoms with E-state index in [0.717, 1.165) is 10.5 Å². The third-order valence-corrected chi connectivity index (χ3v) is 6.21. The molecule has 1 aliphatic heterocycles. The fourth-order valence-electron chi connectivity index (χ4n) is 4.08. The Morgan fingerprint density at radius 2 is 1.54 bits per heavy atom. The quantitative estimate of drug-likeness (QED) is 0.106. The van der Waals surface area contributed by atoms with E-state index in [-0.39, 0.29) is 42.8 Å². The van der Waals surface area contributed by atoms with Crippen molar-refractivity contribution in [2.24, 2.45) is 5.73 Å². The molecule has 2 atom stereocenters. The number of benzene rings is 1. The molecule has 0 unspecified atom stereocenters. The highest BCUT2D eigenvalue weighted by atomic mass is 16.2. The molecule has 5 N–H and O–H groups in total. The van der Waals surface area contributed by atoms with Crippen LogP contribution >= 0.6 is 0 Å². The molecule has 11 nitrogen and oxygen atoms in total. The zero-order chi connectivity index (χ0) is 28.6. The molecule has 0 fully saturated rings. The third-order valence-electron chi connectivity index (χ3n) is 6.21. The first kappa shape index (κ1) is 31.4. The van der Waals surface area contributed by atoms with Crippen molar-refractivity contribution in [2.45, 2.75) is 63.5 Å². The van der Waals surface area contributed by atoms with E-state index in [9.17, 15) is 28.8 Å². The zero-order valence-corrected chi connectivity index (χ0v) is 22.4. The molecular formula is C27H38BN5O6. The molecule has 1 aliphatic rings. The van der Waals surface area contributed by atoms with Crippen molar-refractivity contribution in [3.63, 3.8) is 0 Å². The van der Waals surface area contributed by atoms with Crippen molar-refractivity contribution in [3.05, 3.63) is 48.0 Å². The fourth-order valence-corrected chi connectivity index (χ4v) is 4.08. The Kier molecular flexibility index (Phi) is 13.6. The van der Waals surface area contributed by atoms with Gasteiger partial charge < -0.3 is 26.5 Å². The van der Waals surface area contributed by atoms with Gasteiger partial charge in [-0.2, -0.15) is 0 Å². The molecule has 0 aromatic heterocycles. The Balaban J connectivity index is 1.96. The number of nitrogens with two attached hydrogens (primary N) is 1. The van der Waals surface area contributed by atoms with Crippen molar-refractivity contribution in [1.29, 1.82) is 0 Å². The number of amides is 5. The average molecular weight is 539 g/mol. The van der Waals surface area contributed by atoms with E-state index in [1.54, 1.807) is 0 Å². The number of hydrogen-bond acceptors (Lipinski definition) is 7. The summed E-state index contributed by atoms with van der Waals surface area (Å²) in [4.78, 5) is 74.4. The van der Waals surface area contributed by atoms with E-state index in [2.05, 4.69) is 16.0 Å². The van der Waals surface area contributed by atoms with Gasteiger partial charge in [0.2, 0.25) is 17.7 Å². The van der Waals surface area contributed by atoms with Crippen LogP contribution in [0.15, 0.2) is 42.5 Å². The summed E-state index contributed by atoms with van der Waals surface area (Å²) in [6.45, 7) is 0.607. The Bertz CT molecular complexity index is 1030. The smallest absolute Gasteiger partial charge is 0.253 e. The molecule has 12 heteroatoms. The SMILES string of the molecule is BC(=O)CNC(=O)[C@H](CCCCN)NC(=O)[C@H](Cc1ccccc1)NC(=O)CCCCCN1C(=O)C=CC1=O. The highest BCUT2D eigenvalue weighted by molar-refractivity contribution is 6.58. The lowest BCUT2D eigenvalue weighted by atomic mass is 10.0. The van der Waals surface area contributed by atoms with E-state index < -0.39 is 23.9 Å². The summed E-state index contributed by atoms with van der Waals surface area (Å²) in [5.74, 6) is -1.94. The summed E-state index contributed by atoms with van der Waals surface area (Å²) in [5.41, 5.74) is 6.20. The predicted octanol–water partition coefficient (Wildman–Crippen LogP) is -0.911. The van der Waals surface area contributed by atoms with Gasteiger partial charge in [-0.15, -0.1) is 0 Å². The first-order valence-electron chi connectivity index (χ1n) is 13.4. The molecule has 210 valence electrons. The highest BCUT2D eigenvalue weighted by Crippen LogP contribution is 2.09. The van der Waals surface area contributed by atoms with E-state index >= 15 is 0 Å². The maximum Gasteiger partial charge on any atom is 0.253 e. The maximum absolute atomic E-state index is 13.3. The number of carbonyl (C=O) groups is 6. The minimum absolute atomic E-state index is 0.136. The molecule has 39 heavy (non-hydrogen) atoms. The molecule has 0 aliphatic carbocycles. The number of carbonyl (C=O) groups excluding carboxylic acids is 6. The molecule has 1 heterocycles. The number of hydrogen-bond donors (Lipinski definition) is 4. The van der Waals surface area contributed by atoms with E-state index in [1.807, 2.05) is 30.3 Å². The van der Waals surface area contributed by atoms with Gasteiger partial charge in [0.25, 0.3) is 11.8 Å². The molecule has 2 rings (SSSR count). The largest absolute Gasteiger partial charge is 0.348 e. The van der Waals surface area contributed by atoms with Crippen molar-refractivity contribution in [3.8, 4) is 0 Å². The van der Waals surface area contributed by atoms with Gasteiger partial charge in [0, 0.05) is 31.5 Å². The number of nitrogens with zero attached hydrogens (tertiary/aromatic N) is 1. The Labute approximate surface area is 229 Å². The lowest BCUT2D eigenvalue weighted by Gasteiger charge is -2.23. The average Bonchev–Trinajstić information content (AvgIpc) is 3.23. The molecule has 0 bridgehead atoms. The summed E-state index contributed by atoms with van der Waals surface area (Å²) >= 11 is 0. The molecular weight excluding hydrogens is 501 g/mol. The molecule has 1 aromatic carbocycles. The van der Waals surface area contributed by atoms with Crippen LogP contribution in [0.4, 0.5) is 0 Å². The number of nitrogens with one attached hydrogen (secondary N) is 3. The van der Waals surface area contributed by atoms with Gasteiger partial charge in [0.15, 0.2) is 7.85 Å². The number of imide groups is 1. The molecule has 5 amide bonds. The van der Waals surface area contributed by atoms with Gasteiger partial charge in [0.1, 0.15) is 17.8 Å². The first-order valence-corrected chi connectivity index (χ1v) is 13.4. The van der Waals surface area contributed by atoms with Crippen molar-refractivity contribution >= 4 is 43.1 Å². The van der Waals surface area contributed by atoms with Crippen LogP contribution in [-0.4, -0.2) is 79.7 Å². The second-order valence-electron chi connectivity index (χ2n) is 9.55. The van der Waals surface area contributed by atoms with Crippen LogP contribution < -0.4 is 21.7 Å². The standard InChI is InChI=1S/C27H38BN5O6/c28-22(34)18-30-26(38)20(11-6-7-15-29)32-27(39)21(17-19-9-3-1-4-10-19)31-23(35)12-5-2-8-16-33-24(36)13-14-25(33)37/h1,3-4,9-10,13-14,20-21H,2,5-8,11-12,15-18,28-29H2,(H,30,38)(H,31,35)(H,32,39)/t20-,21-/m0/s1. The van der Waals surface area contributed by atoms with Crippen LogP contribution in [0.1, 0.15) is 50.5 Å². The fraction of sp³-hybridized carbons (Fsp3) is 0.481. The van der Waals surface area contributed by atoms with Crippen LogP contribution in [0.2, 0.25) is 0 Å². The van der Waals surface area contributed by atoms with Crippen molar-refractivity contribution in [2.75, 3.05) is 19.6 Å². The summed E-state index contributed by atoms with van der Waals surface area (Å²) < 4.78 is 0. The Morgan fingerprint density at radius 1 is 0.846 bits per heavy atom. The van der Waals surface area contributed by atoms with E-state index in [4.69, 9.17) is 5.73 Å². The number of unbranched alkanes of at least 4 members (excludes halogenated alkanes) is 3.